The molecule has 0 aromatic heterocycles. The molecule has 2 aromatic carbocycles. The first-order valence-corrected chi connectivity index (χ1v) is 9.31. The summed E-state index contributed by atoms with van der Waals surface area (Å²) in [4.78, 5) is 25.5. The number of carbonyl (C=O) groups excluding carboxylic acids is 2. The minimum atomic E-state index is -4.51. The van der Waals surface area contributed by atoms with Crippen molar-refractivity contribution in [3.05, 3.63) is 53.6 Å². The summed E-state index contributed by atoms with van der Waals surface area (Å²) in [5.41, 5.74) is 0.178. The topological polar surface area (TPSA) is 70.7 Å². The lowest BCUT2D eigenvalue weighted by molar-refractivity contribution is -0.137. The minimum absolute atomic E-state index is 0.0837. The van der Waals surface area contributed by atoms with Gasteiger partial charge in [-0.2, -0.15) is 13.2 Å². The first kappa shape index (κ1) is 23.1. The van der Waals surface area contributed by atoms with Gasteiger partial charge in [-0.1, -0.05) is 6.92 Å². The molecule has 0 unspecified atom stereocenters. The second-order valence-electron chi connectivity index (χ2n) is 6.74. The normalized spacial score (nSPS) is 11.0. The van der Waals surface area contributed by atoms with Crippen LogP contribution in [-0.2, 0) is 11.0 Å². The third kappa shape index (κ3) is 6.40. The fourth-order valence-corrected chi connectivity index (χ4v) is 2.52. The van der Waals surface area contributed by atoms with Crippen LogP contribution in [-0.4, -0.2) is 44.0 Å². The van der Waals surface area contributed by atoms with Crippen molar-refractivity contribution in [3.63, 3.8) is 0 Å². The van der Waals surface area contributed by atoms with E-state index in [-0.39, 0.29) is 23.9 Å². The average molecular weight is 423 g/mol. The standard InChI is InChI=1S/C21H24F3N3O3/c1-4-11-30-18-10-7-15(21(22,23)24)12-17(18)25-13-19(28)26-16-8-5-14(6-9-16)20(29)27(2)3/h5-10,12,25H,4,11,13H2,1-3H3,(H,26,28). The van der Waals surface area contributed by atoms with Crippen molar-refractivity contribution in [2.45, 2.75) is 19.5 Å². The fourth-order valence-electron chi connectivity index (χ4n) is 2.52. The van der Waals surface area contributed by atoms with Crippen LogP contribution in [0.3, 0.4) is 0 Å². The van der Waals surface area contributed by atoms with Crippen LogP contribution < -0.4 is 15.4 Å². The number of anilines is 2. The van der Waals surface area contributed by atoms with Crippen molar-refractivity contribution >= 4 is 23.2 Å². The smallest absolute Gasteiger partial charge is 0.416 e. The molecule has 0 bridgehead atoms. The van der Waals surface area contributed by atoms with Crippen LogP contribution in [0.25, 0.3) is 0 Å². The van der Waals surface area contributed by atoms with Crippen LogP contribution in [0, 0.1) is 0 Å². The number of ether oxygens (including phenoxy) is 1. The number of benzene rings is 2. The summed E-state index contributed by atoms with van der Waals surface area (Å²) < 4.78 is 44.5. The Kier molecular flexibility index (Phi) is 7.68. The van der Waals surface area contributed by atoms with E-state index in [9.17, 15) is 22.8 Å². The van der Waals surface area contributed by atoms with E-state index in [0.29, 0.717) is 24.3 Å². The molecule has 0 aliphatic heterocycles. The van der Waals surface area contributed by atoms with E-state index in [0.717, 1.165) is 12.1 Å². The zero-order valence-electron chi connectivity index (χ0n) is 17.0. The van der Waals surface area contributed by atoms with Crippen molar-refractivity contribution in [3.8, 4) is 5.75 Å². The Hall–Kier alpha value is -3.23. The van der Waals surface area contributed by atoms with Crippen molar-refractivity contribution in [2.75, 3.05) is 37.9 Å². The molecular weight excluding hydrogens is 399 g/mol. The van der Waals surface area contributed by atoms with Gasteiger partial charge in [0, 0.05) is 25.3 Å². The number of nitrogens with zero attached hydrogens (tertiary/aromatic N) is 1. The quantitative estimate of drug-likeness (QED) is 0.666. The Morgan fingerprint density at radius 2 is 1.73 bits per heavy atom. The molecule has 0 radical (unpaired) electrons. The molecule has 0 spiro atoms. The van der Waals surface area contributed by atoms with Crippen LogP contribution >= 0.6 is 0 Å². The molecule has 0 aliphatic rings. The second kappa shape index (κ2) is 10.00. The van der Waals surface area contributed by atoms with Gasteiger partial charge in [-0.3, -0.25) is 9.59 Å². The second-order valence-corrected chi connectivity index (χ2v) is 6.74. The van der Waals surface area contributed by atoms with Gasteiger partial charge >= 0.3 is 6.18 Å². The van der Waals surface area contributed by atoms with Crippen LogP contribution in [0.4, 0.5) is 24.5 Å². The maximum Gasteiger partial charge on any atom is 0.416 e. The lowest BCUT2D eigenvalue weighted by atomic mass is 10.1. The summed E-state index contributed by atoms with van der Waals surface area (Å²) >= 11 is 0. The number of amides is 2. The minimum Gasteiger partial charge on any atom is -0.491 e. The number of hydrogen-bond donors (Lipinski definition) is 2. The highest BCUT2D eigenvalue weighted by Gasteiger charge is 2.31. The van der Waals surface area contributed by atoms with Gasteiger partial charge in [0.05, 0.1) is 24.4 Å². The van der Waals surface area contributed by atoms with Crippen LogP contribution in [0.1, 0.15) is 29.3 Å². The molecule has 0 atom stereocenters. The largest absolute Gasteiger partial charge is 0.491 e. The average Bonchev–Trinajstić information content (AvgIpc) is 2.70. The third-order valence-electron chi connectivity index (χ3n) is 4.03. The summed E-state index contributed by atoms with van der Waals surface area (Å²) in [6.07, 6.45) is -3.82. The summed E-state index contributed by atoms with van der Waals surface area (Å²) in [7, 11) is 3.27. The monoisotopic (exact) mass is 423 g/mol. The Morgan fingerprint density at radius 1 is 1.07 bits per heavy atom. The molecule has 0 aliphatic carbocycles. The van der Waals surface area contributed by atoms with Gasteiger partial charge in [0.1, 0.15) is 5.75 Å². The van der Waals surface area contributed by atoms with E-state index in [2.05, 4.69) is 10.6 Å². The Balaban J connectivity index is 2.04. The van der Waals surface area contributed by atoms with Crippen LogP contribution in [0.5, 0.6) is 5.75 Å². The van der Waals surface area contributed by atoms with Gasteiger partial charge < -0.3 is 20.3 Å². The predicted octanol–water partition coefficient (Wildman–Crippen LogP) is 4.25. The van der Waals surface area contributed by atoms with Gasteiger partial charge in [0.2, 0.25) is 5.91 Å². The molecule has 2 aromatic rings. The van der Waals surface area contributed by atoms with Gasteiger partial charge in [-0.15, -0.1) is 0 Å². The molecule has 0 saturated heterocycles. The fraction of sp³-hybridized carbons (Fsp3) is 0.333. The maximum absolute atomic E-state index is 13.0. The zero-order valence-corrected chi connectivity index (χ0v) is 17.0. The van der Waals surface area contributed by atoms with Gasteiger partial charge in [0.15, 0.2) is 0 Å². The molecule has 162 valence electrons. The molecule has 9 heteroatoms. The van der Waals surface area contributed by atoms with Crippen molar-refractivity contribution in [2.24, 2.45) is 0 Å². The van der Waals surface area contributed by atoms with Crippen LogP contribution in [0.15, 0.2) is 42.5 Å². The SMILES string of the molecule is CCCOc1ccc(C(F)(F)F)cc1NCC(=O)Nc1ccc(C(=O)N(C)C)cc1. The molecule has 2 amide bonds. The Morgan fingerprint density at radius 3 is 2.30 bits per heavy atom. The highest BCUT2D eigenvalue weighted by Crippen LogP contribution is 2.35. The van der Waals surface area contributed by atoms with Crippen molar-refractivity contribution < 1.29 is 27.5 Å². The summed E-state index contributed by atoms with van der Waals surface area (Å²) in [6.45, 7) is 1.95. The lowest BCUT2D eigenvalue weighted by Gasteiger charge is -2.16. The van der Waals surface area contributed by atoms with Gasteiger partial charge in [-0.05, 0) is 48.9 Å². The number of nitrogens with one attached hydrogen (secondary N) is 2. The van der Waals surface area contributed by atoms with Crippen LogP contribution in [0.2, 0.25) is 0 Å². The van der Waals surface area contributed by atoms with E-state index in [1.165, 1.54) is 11.0 Å². The summed E-state index contributed by atoms with van der Waals surface area (Å²) in [6, 6.07) is 9.40. The molecule has 0 heterocycles. The molecule has 2 N–H and O–H groups in total. The van der Waals surface area contributed by atoms with Crippen molar-refractivity contribution in [1.29, 1.82) is 0 Å². The number of alkyl halides is 3. The highest BCUT2D eigenvalue weighted by atomic mass is 19.4. The Labute approximate surface area is 173 Å². The summed E-state index contributed by atoms with van der Waals surface area (Å²) in [5.74, 6) is -0.386. The third-order valence-corrected chi connectivity index (χ3v) is 4.03. The van der Waals surface area contributed by atoms with E-state index in [4.69, 9.17) is 4.74 Å². The van der Waals surface area contributed by atoms with E-state index in [1.807, 2.05) is 6.92 Å². The number of rotatable bonds is 8. The molecule has 0 saturated carbocycles. The number of halogens is 3. The van der Waals surface area contributed by atoms with E-state index in [1.54, 1.807) is 38.4 Å². The number of carbonyl (C=O) groups is 2. The highest BCUT2D eigenvalue weighted by molar-refractivity contribution is 5.96. The first-order chi connectivity index (χ1) is 14.1. The van der Waals surface area contributed by atoms with Crippen molar-refractivity contribution in [1.82, 2.24) is 4.90 Å². The molecule has 30 heavy (non-hydrogen) atoms. The van der Waals surface area contributed by atoms with E-state index >= 15 is 0 Å². The molecule has 0 fully saturated rings. The first-order valence-electron chi connectivity index (χ1n) is 9.31. The Bertz CT molecular complexity index is 881. The van der Waals surface area contributed by atoms with Gasteiger partial charge in [0.25, 0.3) is 5.91 Å². The molecular formula is C21H24F3N3O3. The summed E-state index contributed by atoms with van der Waals surface area (Å²) in [5, 5.41) is 5.33. The molecule has 2 rings (SSSR count). The number of hydrogen-bond acceptors (Lipinski definition) is 4. The maximum atomic E-state index is 13.0. The van der Waals surface area contributed by atoms with Gasteiger partial charge in [-0.25, -0.2) is 0 Å². The molecule has 6 nitrogen and oxygen atoms in total. The zero-order chi connectivity index (χ0) is 22.3. The van der Waals surface area contributed by atoms with E-state index < -0.39 is 17.6 Å². The predicted molar refractivity (Wildman–Crippen MR) is 109 cm³/mol. The lowest BCUT2D eigenvalue weighted by Crippen LogP contribution is -2.23.